The molecule has 1 N–H and O–H groups in total. The first kappa shape index (κ1) is 14.9. The van der Waals surface area contributed by atoms with Crippen molar-refractivity contribution in [1.29, 1.82) is 0 Å². The van der Waals surface area contributed by atoms with E-state index in [2.05, 4.69) is 21.2 Å². The second-order valence-electron chi connectivity index (χ2n) is 5.00. The van der Waals surface area contributed by atoms with Crippen molar-refractivity contribution in [3.8, 4) is 0 Å². The van der Waals surface area contributed by atoms with Gasteiger partial charge in [0.1, 0.15) is 11.5 Å². The number of rotatable bonds is 3. The van der Waals surface area contributed by atoms with E-state index >= 15 is 0 Å². The average Bonchev–Trinajstić information content (AvgIpc) is 2.71. The number of aryl methyl sites for hydroxylation is 3. The largest absolute Gasteiger partial charge is 0.466 e. The van der Waals surface area contributed by atoms with E-state index in [-0.39, 0.29) is 11.9 Å². The lowest BCUT2D eigenvalue weighted by molar-refractivity contribution is 0.0939. The topological polar surface area (TPSA) is 42.2 Å². The van der Waals surface area contributed by atoms with Crippen molar-refractivity contribution in [3.63, 3.8) is 0 Å². The number of carbonyl (C=O) groups is 1. The monoisotopic (exact) mass is 335 g/mol. The molecule has 106 valence electrons. The zero-order chi connectivity index (χ0) is 14.9. The molecule has 0 aliphatic carbocycles. The molecule has 0 saturated carbocycles. The van der Waals surface area contributed by atoms with Crippen molar-refractivity contribution >= 4 is 21.8 Å². The van der Waals surface area contributed by atoms with E-state index in [1.54, 1.807) is 0 Å². The highest BCUT2D eigenvalue weighted by atomic mass is 79.9. The molecule has 0 aliphatic rings. The molecular formula is C16H18BrNO2. The maximum atomic E-state index is 12.3. The van der Waals surface area contributed by atoms with Crippen LogP contribution in [0.3, 0.4) is 0 Å². The van der Waals surface area contributed by atoms with Gasteiger partial charge in [-0.3, -0.25) is 4.79 Å². The van der Waals surface area contributed by atoms with Crippen LogP contribution >= 0.6 is 15.9 Å². The lowest BCUT2D eigenvalue weighted by Gasteiger charge is -2.14. The fourth-order valence-electron chi connectivity index (χ4n) is 2.26. The van der Waals surface area contributed by atoms with Gasteiger partial charge in [-0.05, 0) is 61.3 Å². The van der Waals surface area contributed by atoms with Crippen molar-refractivity contribution in [2.75, 3.05) is 0 Å². The van der Waals surface area contributed by atoms with Gasteiger partial charge in [-0.2, -0.15) is 0 Å². The highest BCUT2D eigenvalue weighted by Gasteiger charge is 2.17. The molecule has 2 aromatic rings. The molecule has 1 aromatic carbocycles. The Bertz CT molecular complexity index is 646. The molecule has 1 atom stereocenters. The molecule has 0 radical (unpaired) electrons. The zero-order valence-corrected chi connectivity index (χ0v) is 13.7. The molecule has 0 spiro atoms. The minimum atomic E-state index is -0.0914. The second-order valence-corrected chi connectivity index (χ2v) is 5.79. The Hall–Kier alpha value is -1.55. The Morgan fingerprint density at radius 2 is 2.00 bits per heavy atom. The lowest BCUT2D eigenvalue weighted by Crippen LogP contribution is -2.27. The summed E-state index contributed by atoms with van der Waals surface area (Å²) in [5.74, 6) is 1.61. The third kappa shape index (κ3) is 2.96. The van der Waals surface area contributed by atoms with Gasteiger partial charge in [0.05, 0.1) is 11.6 Å². The number of nitrogens with one attached hydrogen (secondary N) is 1. The summed E-state index contributed by atoms with van der Waals surface area (Å²) in [4.78, 5) is 12.3. The van der Waals surface area contributed by atoms with Gasteiger partial charge in [0.25, 0.3) is 5.91 Å². The first-order chi connectivity index (χ1) is 9.40. The summed E-state index contributed by atoms with van der Waals surface area (Å²) in [5.41, 5.74) is 2.70. The minimum absolute atomic E-state index is 0.0904. The molecule has 1 unspecified atom stereocenters. The van der Waals surface area contributed by atoms with Crippen molar-refractivity contribution in [2.24, 2.45) is 0 Å². The van der Waals surface area contributed by atoms with Crippen molar-refractivity contribution in [2.45, 2.75) is 33.7 Å². The molecular weight excluding hydrogens is 318 g/mol. The smallest absolute Gasteiger partial charge is 0.252 e. The Balaban J connectivity index is 2.19. The molecule has 0 saturated heterocycles. The fourth-order valence-corrected chi connectivity index (χ4v) is 2.70. The molecule has 0 fully saturated rings. The Morgan fingerprint density at radius 1 is 1.30 bits per heavy atom. The number of carbonyl (C=O) groups excluding carboxylic acids is 1. The molecule has 4 heteroatoms. The van der Waals surface area contributed by atoms with Crippen LogP contribution in [-0.2, 0) is 0 Å². The van der Waals surface area contributed by atoms with E-state index in [4.69, 9.17) is 4.42 Å². The van der Waals surface area contributed by atoms with Crippen LogP contribution in [0.2, 0.25) is 0 Å². The number of furan rings is 1. The van der Waals surface area contributed by atoms with Gasteiger partial charge in [-0.15, -0.1) is 0 Å². The Labute approximate surface area is 127 Å². The number of amides is 1. The van der Waals surface area contributed by atoms with E-state index in [9.17, 15) is 4.79 Å². The van der Waals surface area contributed by atoms with Gasteiger partial charge in [0.15, 0.2) is 0 Å². The SMILES string of the molecule is Cc1cc(C(C)NC(=O)c2cccc(C)c2Br)c(C)o1. The molecule has 3 nitrogen and oxygen atoms in total. The number of hydrogen-bond acceptors (Lipinski definition) is 2. The highest BCUT2D eigenvalue weighted by molar-refractivity contribution is 9.10. The maximum absolute atomic E-state index is 12.3. The van der Waals surface area contributed by atoms with Crippen LogP contribution < -0.4 is 5.32 Å². The van der Waals surface area contributed by atoms with E-state index in [0.29, 0.717) is 5.56 Å². The summed E-state index contributed by atoms with van der Waals surface area (Å²) < 4.78 is 6.34. The molecule has 2 rings (SSSR count). The summed E-state index contributed by atoms with van der Waals surface area (Å²) >= 11 is 3.47. The van der Waals surface area contributed by atoms with Gasteiger partial charge in [-0.1, -0.05) is 12.1 Å². The van der Waals surface area contributed by atoms with Gasteiger partial charge < -0.3 is 9.73 Å². The Kier molecular flexibility index (Phi) is 4.33. The van der Waals surface area contributed by atoms with Crippen molar-refractivity contribution < 1.29 is 9.21 Å². The quantitative estimate of drug-likeness (QED) is 0.899. The van der Waals surface area contributed by atoms with E-state index in [0.717, 1.165) is 27.1 Å². The number of halogens is 1. The predicted molar refractivity (Wildman–Crippen MR) is 82.9 cm³/mol. The Morgan fingerprint density at radius 3 is 2.60 bits per heavy atom. The van der Waals surface area contributed by atoms with Gasteiger partial charge in [-0.25, -0.2) is 0 Å². The van der Waals surface area contributed by atoms with E-state index in [1.165, 1.54) is 0 Å². The van der Waals surface area contributed by atoms with Crippen LogP contribution in [-0.4, -0.2) is 5.91 Å². The third-order valence-corrected chi connectivity index (χ3v) is 4.38. The van der Waals surface area contributed by atoms with Crippen LogP contribution in [0, 0.1) is 20.8 Å². The normalized spacial score (nSPS) is 12.2. The highest BCUT2D eigenvalue weighted by Crippen LogP contribution is 2.24. The number of hydrogen-bond donors (Lipinski definition) is 1. The van der Waals surface area contributed by atoms with Crippen LogP contribution in [0.5, 0.6) is 0 Å². The van der Waals surface area contributed by atoms with Crippen LogP contribution in [0.1, 0.15) is 46.0 Å². The zero-order valence-electron chi connectivity index (χ0n) is 12.1. The summed E-state index contributed by atoms with van der Waals surface area (Å²) in [6, 6.07) is 7.53. The predicted octanol–water partition coefficient (Wildman–Crippen LogP) is 4.46. The molecule has 0 bridgehead atoms. The van der Waals surface area contributed by atoms with E-state index < -0.39 is 0 Å². The van der Waals surface area contributed by atoms with Gasteiger partial charge in [0.2, 0.25) is 0 Å². The summed E-state index contributed by atoms with van der Waals surface area (Å²) in [5, 5.41) is 3.01. The van der Waals surface area contributed by atoms with Crippen LogP contribution in [0.4, 0.5) is 0 Å². The molecule has 20 heavy (non-hydrogen) atoms. The molecule has 1 amide bonds. The van der Waals surface area contributed by atoms with Crippen molar-refractivity contribution in [3.05, 3.63) is 56.9 Å². The first-order valence-electron chi connectivity index (χ1n) is 6.53. The molecule has 0 aliphatic heterocycles. The maximum Gasteiger partial charge on any atom is 0.252 e. The lowest BCUT2D eigenvalue weighted by atomic mass is 10.1. The number of benzene rings is 1. The van der Waals surface area contributed by atoms with Gasteiger partial charge >= 0.3 is 0 Å². The summed E-state index contributed by atoms with van der Waals surface area (Å²) in [6.07, 6.45) is 0. The van der Waals surface area contributed by atoms with Crippen molar-refractivity contribution in [1.82, 2.24) is 5.32 Å². The molecule has 1 heterocycles. The van der Waals surface area contributed by atoms with E-state index in [1.807, 2.05) is 52.0 Å². The fraction of sp³-hybridized carbons (Fsp3) is 0.312. The van der Waals surface area contributed by atoms with Crippen LogP contribution in [0.15, 0.2) is 33.2 Å². The third-order valence-electron chi connectivity index (χ3n) is 3.33. The first-order valence-corrected chi connectivity index (χ1v) is 7.32. The average molecular weight is 336 g/mol. The molecule has 1 aromatic heterocycles. The minimum Gasteiger partial charge on any atom is -0.466 e. The summed E-state index contributed by atoms with van der Waals surface area (Å²) in [6.45, 7) is 7.74. The summed E-state index contributed by atoms with van der Waals surface area (Å²) in [7, 11) is 0. The van der Waals surface area contributed by atoms with Crippen LogP contribution in [0.25, 0.3) is 0 Å². The van der Waals surface area contributed by atoms with Gasteiger partial charge in [0, 0.05) is 10.0 Å². The second kappa shape index (κ2) is 5.83. The standard InChI is InChI=1S/C16H18BrNO2/c1-9-6-5-7-13(15(9)17)16(19)18-11(3)14-8-10(2)20-12(14)4/h5-8,11H,1-4H3,(H,18,19).